The molecule has 0 atom stereocenters. The molecule has 0 saturated carbocycles. The van der Waals surface area contributed by atoms with E-state index >= 15 is 0 Å². The van der Waals surface area contributed by atoms with Gasteiger partial charge in [-0.25, -0.2) is 0 Å². The molecule has 0 unspecified atom stereocenters. The van der Waals surface area contributed by atoms with Crippen molar-refractivity contribution in [3.05, 3.63) is 137 Å². The van der Waals surface area contributed by atoms with Crippen molar-refractivity contribution < 1.29 is 9.59 Å². The number of nitrogens with zero attached hydrogens (tertiary/aromatic N) is 3. The van der Waals surface area contributed by atoms with Crippen LogP contribution in [0.5, 0.6) is 0 Å². The van der Waals surface area contributed by atoms with Crippen molar-refractivity contribution in [3.8, 4) is 0 Å². The Morgan fingerprint density at radius 3 is 1.60 bits per heavy atom. The molecule has 6 rings (SSSR count). The molecule has 0 radical (unpaired) electrons. The third-order valence-electron chi connectivity index (χ3n) is 8.74. The number of hydrogen-bond donors (Lipinski definition) is 0. The fourth-order valence-corrected chi connectivity index (χ4v) is 6.50. The van der Waals surface area contributed by atoms with Gasteiger partial charge in [-0.2, -0.15) is 0 Å². The summed E-state index contributed by atoms with van der Waals surface area (Å²) in [5.41, 5.74) is 10.2. The summed E-state index contributed by atoms with van der Waals surface area (Å²) in [4.78, 5) is 33.9. The first kappa shape index (κ1) is 29.9. The van der Waals surface area contributed by atoms with E-state index in [0.29, 0.717) is 16.8 Å². The van der Waals surface area contributed by atoms with E-state index in [4.69, 9.17) is 0 Å². The maximum absolute atomic E-state index is 14.9. The summed E-state index contributed by atoms with van der Waals surface area (Å²) < 4.78 is 0. The van der Waals surface area contributed by atoms with E-state index in [1.807, 2.05) is 68.6 Å². The number of fused-ring (bicyclic) bond motifs is 2. The Kier molecular flexibility index (Phi) is 8.03. The zero-order valence-corrected chi connectivity index (χ0v) is 26.8. The summed E-state index contributed by atoms with van der Waals surface area (Å²) in [6, 6.07) is 36.9. The number of amides is 1. The van der Waals surface area contributed by atoms with Gasteiger partial charge in [-0.05, 0) is 77.9 Å². The molecule has 0 bridgehead atoms. The number of carbonyl (C=O) groups excluding carboxylic acids is 2. The standard InChI is InChI=1S/C40H39N3O2/c1-26(2)30-17-14-18-31(27(3)4)39(30)41(6)40(45)38-32(25-44)28(5)23-24-37(38)43-35-21-12-10-19-33(35)42(29-15-8-7-9-16-29)34-20-11-13-22-36(34)43/h7-27H,1-6H3. The van der Waals surface area contributed by atoms with Crippen LogP contribution in [0.15, 0.2) is 109 Å². The minimum absolute atomic E-state index is 0.210. The molecule has 0 spiro atoms. The highest BCUT2D eigenvalue weighted by Crippen LogP contribution is 2.54. The van der Waals surface area contributed by atoms with Crippen LogP contribution in [0.4, 0.5) is 39.8 Å². The van der Waals surface area contributed by atoms with Crippen LogP contribution in [0.25, 0.3) is 0 Å². The van der Waals surface area contributed by atoms with Crippen LogP contribution < -0.4 is 14.7 Å². The van der Waals surface area contributed by atoms with Crippen LogP contribution in [-0.2, 0) is 0 Å². The molecule has 0 saturated heterocycles. The molecule has 0 N–H and O–H groups in total. The highest BCUT2D eigenvalue weighted by molar-refractivity contribution is 6.16. The Hall–Kier alpha value is -5.16. The normalized spacial score (nSPS) is 12.3. The van der Waals surface area contributed by atoms with Gasteiger partial charge in [-0.1, -0.05) is 94.4 Å². The Labute approximate surface area is 266 Å². The first-order valence-corrected chi connectivity index (χ1v) is 15.6. The Bertz CT molecular complexity index is 1820. The lowest BCUT2D eigenvalue weighted by molar-refractivity contribution is 0.0986. The molecule has 45 heavy (non-hydrogen) atoms. The average Bonchev–Trinajstić information content (AvgIpc) is 3.06. The van der Waals surface area contributed by atoms with Crippen LogP contribution in [0.1, 0.15) is 76.9 Å². The van der Waals surface area contributed by atoms with E-state index in [-0.39, 0.29) is 17.7 Å². The molecule has 0 aliphatic carbocycles. The van der Waals surface area contributed by atoms with Crippen molar-refractivity contribution in [2.24, 2.45) is 0 Å². The lowest BCUT2D eigenvalue weighted by Crippen LogP contribution is -2.32. The number of hydrogen-bond acceptors (Lipinski definition) is 4. The van der Waals surface area contributed by atoms with Gasteiger partial charge in [0.15, 0.2) is 6.29 Å². The summed E-state index contributed by atoms with van der Waals surface area (Å²) in [6.07, 6.45) is 0.829. The molecular formula is C40H39N3O2. The van der Waals surface area contributed by atoms with E-state index < -0.39 is 0 Å². The molecule has 1 aliphatic rings. The topological polar surface area (TPSA) is 43.9 Å². The fourth-order valence-electron chi connectivity index (χ4n) is 6.50. The van der Waals surface area contributed by atoms with Crippen LogP contribution in [0, 0.1) is 6.92 Å². The third kappa shape index (κ3) is 5.08. The Morgan fingerprint density at radius 2 is 1.11 bits per heavy atom. The van der Waals surface area contributed by atoms with Crippen molar-refractivity contribution in [3.63, 3.8) is 0 Å². The van der Waals surface area contributed by atoms with Crippen molar-refractivity contribution in [1.82, 2.24) is 0 Å². The monoisotopic (exact) mass is 593 g/mol. The minimum Gasteiger partial charge on any atom is -0.311 e. The van der Waals surface area contributed by atoms with Gasteiger partial charge in [0, 0.05) is 18.3 Å². The molecule has 1 aliphatic heterocycles. The van der Waals surface area contributed by atoms with Crippen LogP contribution >= 0.6 is 0 Å². The zero-order chi connectivity index (χ0) is 31.8. The summed E-state index contributed by atoms with van der Waals surface area (Å²) in [5.74, 6) is 0.203. The summed E-state index contributed by atoms with van der Waals surface area (Å²) in [7, 11) is 1.84. The van der Waals surface area contributed by atoms with Crippen molar-refractivity contribution in [1.29, 1.82) is 0 Å². The number of para-hydroxylation sites is 6. The lowest BCUT2D eigenvalue weighted by Gasteiger charge is -2.41. The number of benzene rings is 5. The summed E-state index contributed by atoms with van der Waals surface area (Å²) in [5, 5.41) is 0. The van der Waals surface area contributed by atoms with Gasteiger partial charge in [-0.3, -0.25) is 9.59 Å². The van der Waals surface area contributed by atoms with E-state index in [2.05, 4.69) is 92.1 Å². The molecule has 0 aromatic heterocycles. The van der Waals surface area contributed by atoms with Crippen molar-refractivity contribution in [2.45, 2.75) is 46.5 Å². The van der Waals surface area contributed by atoms with Crippen LogP contribution in [0.2, 0.25) is 0 Å². The molecular weight excluding hydrogens is 554 g/mol. The second kappa shape index (κ2) is 12.1. The number of anilines is 7. The summed E-state index contributed by atoms with van der Waals surface area (Å²) >= 11 is 0. The molecule has 5 aromatic carbocycles. The van der Waals surface area contributed by atoms with Crippen LogP contribution in [0.3, 0.4) is 0 Å². The quantitative estimate of drug-likeness (QED) is 0.173. The molecule has 0 fully saturated rings. The minimum atomic E-state index is -0.216. The molecule has 1 heterocycles. The van der Waals surface area contributed by atoms with Crippen LogP contribution in [-0.4, -0.2) is 19.2 Å². The largest absolute Gasteiger partial charge is 0.311 e. The highest BCUT2D eigenvalue weighted by Gasteiger charge is 2.34. The predicted octanol–water partition coefficient (Wildman–Crippen LogP) is 10.6. The van der Waals surface area contributed by atoms with Crippen molar-refractivity contribution in [2.75, 3.05) is 21.7 Å². The molecule has 5 heteroatoms. The molecule has 5 aromatic rings. The van der Waals surface area contributed by atoms with E-state index in [1.54, 1.807) is 4.90 Å². The van der Waals surface area contributed by atoms with Gasteiger partial charge < -0.3 is 14.7 Å². The van der Waals surface area contributed by atoms with E-state index in [9.17, 15) is 9.59 Å². The fraction of sp³-hybridized carbons (Fsp3) is 0.200. The Balaban J connectivity index is 1.61. The van der Waals surface area contributed by atoms with Gasteiger partial charge in [0.2, 0.25) is 0 Å². The second-order valence-corrected chi connectivity index (χ2v) is 12.3. The molecule has 226 valence electrons. The number of carbonyl (C=O) groups is 2. The van der Waals surface area contributed by atoms with Crippen molar-refractivity contribution >= 4 is 52.0 Å². The van der Waals surface area contributed by atoms with Gasteiger partial charge in [-0.15, -0.1) is 0 Å². The van der Waals surface area contributed by atoms with E-state index in [1.165, 1.54) is 0 Å². The predicted molar refractivity (Wildman–Crippen MR) is 187 cm³/mol. The number of aldehydes is 1. The van der Waals surface area contributed by atoms with Gasteiger partial charge in [0.05, 0.1) is 39.7 Å². The maximum atomic E-state index is 14.9. The smallest absolute Gasteiger partial charge is 0.260 e. The number of aryl methyl sites for hydroxylation is 1. The first-order valence-electron chi connectivity index (χ1n) is 15.6. The first-order chi connectivity index (χ1) is 21.7. The lowest BCUT2D eigenvalue weighted by atomic mass is 9.91. The zero-order valence-electron chi connectivity index (χ0n) is 26.8. The molecule has 5 nitrogen and oxygen atoms in total. The summed E-state index contributed by atoms with van der Waals surface area (Å²) in [6.45, 7) is 10.5. The van der Waals surface area contributed by atoms with Gasteiger partial charge in [0.25, 0.3) is 5.91 Å². The van der Waals surface area contributed by atoms with E-state index in [0.717, 1.165) is 57.1 Å². The van der Waals surface area contributed by atoms with Gasteiger partial charge in [0.1, 0.15) is 0 Å². The second-order valence-electron chi connectivity index (χ2n) is 12.3. The third-order valence-corrected chi connectivity index (χ3v) is 8.74. The SMILES string of the molecule is Cc1ccc(N2c3ccccc3N(c3ccccc3)c3ccccc32)c(C(=O)N(C)c2c(C(C)C)cccc2C(C)C)c1C=O. The number of rotatable bonds is 7. The average molecular weight is 594 g/mol. The van der Waals surface area contributed by atoms with Gasteiger partial charge >= 0.3 is 0 Å². The Morgan fingerprint density at radius 1 is 0.622 bits per heavy atom. The molecule has 1 amide bonds. The maximum Gasteiger partial charge on any atom is 0.260 e. The highest BCUT2D eigenvalue weighted by atomic mass is 16.2.